The van der Waals surface area contributed by atoms with Crippen molar-refractivity contribution >= 4 is 18.7 Å². The molecule has 5 heteroatoms. The van der Waals surface area contributed by atoms with Crippen molar-refractivity contribution in [1.82, 2.24) is 0 Å². The smallest absolute Gasteiger partial charge is 0.405 e. The fourth-order valence-corrected chi connectivity index (χ4v) is 4.36. The highest BCUT2D eigenvalue weighted by Crippen LogP contribution is 2.61. The van der Waals surface area contributed by atoms with Crippen molar-refractivity contribution in [3.8, 4) is 0 Å². The molecule has 4 rings (SSSR count). The highest BCUT2D eigenvalue weighted by Gasteiger charge is 2.62. The minimum Gasteiger partial charge on any atom is -0.405 e. The summed E-state index contributed by atoms with van der Waals surface area (Å²) in [6.45, 7) is 4.75. The van der Waals surface area contributed by atoms with Crippen LogP contribution in [0.2, 0.25) is 0 Å². The summed E-state index contributed by atoms with van der Waals surface area (Å²) < 4.78 is 12.2. The first-order chi connectivity index (χ1) is 9.04. The number of alkyl halides is 1. The summed E-state index contributed by atoms with van der Waals surface area (Å²) >= 11 is 5.70. The summed E-state index contributed by atoms with van der Waals surface area (Å²) in [5, 5.41) is 0. The third-order valence-electron chi connectivity index (χ3n) is 5.70. The van der Waals surface area contributed by atoms with E-state index in [4.69, 9.17) is 26.6 Å². The molecule has 2 bridgehead atoms. The minimum absolute atomic E-state index is 0.00544. The molecule has 3 nitrogen and oxygen atoms in total. The molecule has 1 heterocycles. The van der Waals surface area contributed by atoms with Crippen molar-refractivity contribution in [2.45, 2.75) is 64.1 Å². The third kappa shape index (κ3) is 2.35. The van der Waals surface area contributed by atoms with Crippen molar-refractivity contribution in [1.29, 1.82) is 0 Å². The molecule has 4 aliphatic rings. The van der Waals surface area contributed by atoms with Gasteiger partial charge in [-0.05, 0) is 42.9 Å². The van der Waals surface area contributed by atoms with Gasteiger partial charge in [-0.3, -0.25) is 0 Å². The molecule has 2 N–H and O–H groups in total. The van der Waals surface area contributed by atoms with Crippen molar-refractivity contribution in [3.05, 3.63) is 0 Å². The van der Waals surface area contributed by atoms with Gasteiger partial charge >= 0.3 is 7.12 Å². The lowest BCUT2D eigenvalue weighted by Gasteiger charge is -2.60. The second-order valence-electron chi connectivity index (χ2n) is 7.09. The fourth-order valence-electron chi connectivity index (χ4n) is 4.17. The van der Waals surface area contributed by atoms with Crippen molar-refractivity contribution in [2.24, 2.45) is 23.0 Å². The number of halogens is 1. The molecule has 0 spiro atoms. The van der Waals surface area contributed by atoms with Gasteiger partial charge in [-0.1, -0.05) is 20.3 Å². The average Bonchev–Trinajstić information content (AvgIpc) is 2.82. The van der Waals surface area contributed by atoms with Gasteiger partial charge in [0.1, 0.15) is 0 Å². The Morgan fingerprint density at radius 1 is 1.32 bits per heavy atom. The average molecular weight is 286 g/mol. The predicted octanol–water partition coefficient (Wildman–Crippen LogP) is 2.60. The summed E-state index contributed by atoms with van der Waals surface area (Å²) in [5.74, 6) is 2.18. The van der Waals surface area contributed by atoms with Gasteiger partial charge in [-0.2, -0.15) is 0 Å². The van der Waals surface area contributed by atoms with Crippen LogP contribution >= 0.6 is 11.6 Å². The minimum atomic E-state index is -0.194. The zero-order valence-corrected chi connectivity index (χ0v) is 12.7. The largest absolute Gasteiger partial charge is 0.475 e. The maximum Gasteiger partial charge on any atom is 0.475 e. The Bertz CT molecular complexity index is 341. The number of rotatable bonds is 5. The van der Waals surface area contributed by atoms with E-state index in [0.29, 0.717) is 23.3 Å². The maximum absolute atomic E-state index is 6.21. The first-order valence-corrected chi connectivity index (χ1v) is 8.20. The van der Waals surface area contributed by atoms with Crippen LogP contribution < -0.4 is 5.73 Å². The van der Waals surface area contributed by atoms with E-state index in [9.17, 15) is 0 Å². The van der Waals surface area contributed by atoms with Crippen LogP contribution in [0.4, 0.5) is 0 Å². The summed E-state index contributed by atoms with van der Waals surface area (Å²) in [6, 6.07) is 0. The second-order valence-corrected chi connectivity index (χ2v) is 7.47. The van der Waals surface area contributed by atoms with Crippen molar-refractivity contribution < 1.29 is 9.31 Å². The normalized spacial score (nSPS) is 40.7. The van der Waals surface area contributed by atoms with Crippen LogP contribution in [-0.2, 0) is 9.31 Å². The van der Waals surface area contributed by atoms with Crippen LogP contribution in [0.25, 0.3) is 0 Å². The molecule has 19 heavy (non-hydrogen) atoms. The van der Waals surface area contributed by atoms with Gasteiger partial charge in [-0.15, -0.1) is 11.6 Å². The van der Waals surface area contributed by atoms with E-state index in [0.717, 1.165) is 31.6 Å². The van der Waals surface area contributed by atoms with E-state index in [1.165, 1.54) is 6.42 Å². The molecule has 0 radical (unpaired) electrons. The molecule has 0 aromatic rings. The Balaban J connectivity index is 1.55. The van der Waals surface area contributed by atoms with E-state index < -0.39 is 0 Å². The van der Waals surface area contributed by atoms with Gasteiger partial charge in [0.25, 0.3) is 0 Å². The molecule has 0 aromatic heterocycles. The third-order valence-corrected chi connectivity index (χ3v) is 5.96. The topological polar surface area (TPSA) is 44.5 Å². The van der Waals surface area contributed by atoms with Crippen molar-refractivity contribution in [2.75, 3.05) is 5.88 Å². The van der Waals surface area contributed by atoms with Crippen LogP contribution in [-0.4, -0.2) is 31.1 Å². The van der Waals surface area contributed by atoms with Crippen LogP contribution in [0.3, 0.4) is 0 Å². The Morgan fingerprint density at radius 2 is 2.11 bits per heavy atom. The molecule has 3 saturated carbocycles. The molecular formula is C14H25BClNO2. The predicted molar refractivity (Wildman–Crippen MR) is 78.0 cm³/mol. The van der Waals surface area contributed by atoms with E-state index >= 15 is 0 Å². The molecule has 108 valence electrons. The summed E-state index contributed by atoms with van der Waals surface area (Å²) in [5.41, 5.74) is 6.64. The molecule has 4 fully saturated rings. The number of nitrogens with two attached hydrogens (primary N) is 1. The molecule has 1 saturated heterocycles. The monoisotopic (exact) mass is 285 g/mol. The lowest BCUT2D eigenvalue weighted by molar-refractivity contribution is -0.150. The molecule has 5 atom stereocenters. The molecule has 3 aliphatic carbocycles. The Labute approximate surface area is 121 Å². The number of hydrogen-bond acceptors (Lipinski definition) is 3. The number of hydrogen-bond donors (Lipinski definition) is 1. The molecule has 1 aliphatic heterocycles. The van der Waals surface area contributed by atoms with Crippen LogP contribution in [0.1, 0.15) is 46.0 Å². The quantitative estimate of drug-likeness (QED) is 0.480. The SMILES string of the molecule is CC1(C)C2CC1[C@@H]1OB([C@H](N)CCCCCl)O[C@@H]1C2. The van der Waals surface area contributed by atoms with E-state index in [1.54, 1.807) is 0 Å². The summed E-state index contributed by atoms with van der Waals surface area (Å²) in [4.78, 5) is 0. The van der Waals surface area contributed by atoms with Gasteiger partial charge in [0.05, 0.1) is 12.2 Å². The first-order valence-electron chi connectivity index (χ1n) is 7.66. The van der Waals surface area contributed by atoms with E-state index in [2.05, 4.69) is 13.8 Å². The molecular weight excluding hydrogens is 260 g/mol. The van der Waals surface area contributed by atoms with Gasteiger partial charge in [0.15, 0.2) is 0 Å². The first kappa shape index (κ1) is 14.2. The van der Waals surface area contributed by atoms with Crippen LogP contribution in [0.5, 0.6) is 0 Å². The maximum atomic E-state index is 6.21. The van der Waals surface area contributed by atoms with Crippen LogP contribution in [0.15, 0.2) is 0 Å². The summed E-state index contributed by atoms with van der Waals surface area (Å²) in [7, 11) is -0.194. The van der Waals surface area contributed by atoms with E-state index in [-0.39, 0.29) is 19.2 Å². The lowest BCUT2D eigenvalue weighted by atomic mass is 9.47. The fraction of sp³-hybridized carbons (Fsp3) is 1.00. The van der Waals surface area contributed by atoms with Gasteiger partial charge in [0, 0.05) is 11.8 Å². The molecule has 2 unspecified atom stereocenters. The number of unbranched alkanes of at least 4 members (excludes halogenated alkanes) is 1. The zero-order valence-electron chi connectivity index (χ0n) is 12.0. The van der Waals surface area contributed by atoms with Crippen LogP contribution in [0, 0.1) is 17.3 Å². The molecule has 0 aromatic carbocycles. The molecule has 0 amide bonds. The van der Waals surface area contributed by atoms with Gasteiger partial charge in [0.2, 0.25) is 0 Å². The Hall–Kier alpha value is 0.235. The van der Waals surface area contributed by atoms with Gasteiger partial charge in [-0.25, -0.2) is 0 Å². The summed E-state index contributed by atoms with van der Waals surface area (Å²) in [6.07, 6.45) is 6.05. The Kier molecular flexibility index (Phi) is 3.89. The highest BCUT2D eigenvalue weighted by molar-refractivity contribution is 6.47. The zero-order chi connectivity index (χ0) is 13.6. The van der Waals surface area contributed by atoms with Gasteiger partial charge < -0.3 is 15.0 Å². The second kappa shape index (κ2) is 5.21. The lowest BCUT2D eigenvalue weighted by Crippen LogP contribution is -2.59. The highest BCUT2D eigenvalue weighted by atomic mass is 35.5. The van der Waals surface area contributed by atoms with Crippen molar-refractivity contribution in [3.63, 3.8) is 0 Å². The standard InChI is InChI=1S/C14H25BClNO2/c1-14(2)9-7-10(14)13-11(8-9)18-15(19-13)12(17)5-3-4-6-16/h9-13H,3-8,17H2,1-2H3/t9?,10?,11-,12-,13+/m1/s1. The Morgan fingerprint density at radius 3 is 2.79 bits per heavy atom. The van der Waals surface area contributed by atoms with E-state index in [1.807, 2.05) is 0 Å².